The molecule has 95 heavy (non-hydrogen) atoms. The number of nitrogens with two attached hydrogens (primary N) is 6. The number of hydrogen-bond donors (Lipinski definition) is 10. The number of imidazole rings is 1. The molecule has 1 radical (unpaired) electrons. The van der Waals surface area contributed by atoms with Gasteiger partial charge in [0.15, 0.2) is 6.23 Å². The van der Waals surface area contributed by atoms with Gasteiger partial charge >= 0.3 is 16.8 Å². The number of aryl methyl sites for hydroxylation is 2. The molecule has 2 saturated heterocycles. The van der Waals surface area contributed by atoms with E-state index in [9.17, 15) is 53.2 Å². The predicted molar refractivity (Wildman–Crippen MR) is 345 cm³/mol. The summed E-state index contributed by atoms with van der Waals surface area (Å²) in [5.41, 5.74) is 36.7. The van der Waals surface area contributed by atoms with Crippen LogP contribution in [0.3, 0.4) is 0 Å². The summed E-state index contributed by atoms with van der Waals surface area (Å²) in [6.07, 6.45) is -4.79. The summed E-state index contributed by atoms with van der Waals surface area (Å²) in [6, 6.07) is 2.65. The number of nitrogens with one attached hydrogen (secondary N) is 1. The van der Waals surface area contributed by atoms with Crippen LogP contribution < -0.4 is 44.6 Å². The maximum absolute atomic E-state index is 14.4. The Hall–Kier alpha value is -7.02. The number of amides is 7. The number of aliphatic imine (C=N–C) groups is 3. The molecule has 8 rings (SSSR count). The van der Waals surface area contributed by atoms with E-state index in [0.717, 1.165) is 18.1 Å². The minimum atomic E-state index is -5.32. The largest absolute Gasteiger partial charge is 2.00 e. The van der Waals surface area contributed by atoms with Crippen LogP contribution in [0.2, 0.25) is 0 Å². The van der Waals surface area contributed by atoms with Gasteiger partial charge < -0.3 is 83.6 Å². The minimum absolute atomic E-state index is 0. The first kappa shape index (κ1) is 77.0. The van der Waals surface area contributed by atoms with E-state index in [1.165, 1.54) is 17.8 Å². The molecule has 31 heteroatoms. The Morgan fingerprint density at radius 1 is 0.789 bits per heavy atom. The molecule has 0 spiro atoms. The van der Waals surface area contributed by atoms with Gasteiger partial charge in [-0.3, -0.25) is 57.9 Å². The van der Waals surface area contributed by atoms with Crippen LogP contribution in [0.25, 0.3) is 16.4 Å². The smallest absolute Gasteiger partial charge is 0.756 e. The molecule has 1 aromatic carbocycles. The van der Waals surface area contributed by atoms with Crippen molar-refractivity contribution in [3.8, 4) is 0 Å². The summed E-state index contributed by atoms with van der Waals surface area (Å²) in [5, 5.41) is 37.5. The molecule has 8 bridgehead atoms. The molecular weight excluding hydrogens is 1300 g/mol. The first-order valence-corrected chi connectivity index (χ1v) is 32.9. The molecular formula is C64H92CoN13O16P. The van der Waals surface area contributed by atoms with Crippen LogP contribution in [-0.4, -0.2) is 138 Å². The number of phosphoric acid groups is 1. The molecule has 7 amide bonds. The van der Waals surface area contributed by atoms with E-state index in [0.29, 0.717) is 56.4 Å². The second-order valence-corrected chi connectivity index (χ2v) is 28.8. The first-order valence-electron chi connectivity index (χ1n) is 31.4. The van der Waals surface area contributed by atoms with E-state index in [1.807, 2.05) is 80.5 Å². The van der Waals surface area contributed by atoms with Crippen molar-refractivity contribution >= 4 is 83.3 Å². The number of aliphatic hydroxyl groups is 2. The molecule has 29 nitrogen and oxygen atoms in total. The average Bonchev–Trinajstić information content (AvgIpc) is 1.53. The molecule has 0 aliphatic carbocycles. The van der Waals surface area contributed by atoms with Crippen LogP contribution in [-0.2, 0) is 73.5 Å². The Bertz CT molecular complexity index is 3650. The number of nitrogens with zero attached hydrogens (tertiary/aromatic N) is 6. The summed E-state index contributed by atoms with van der Waals surface area (Å²) >= 11 is 0. The van der Waals surface area contributed by atoms with E-state index >= 15 is 0 Å². The van der Waals surface area contributed by atoms with Gasteiger partial charge in [-0.2, -0.15) is 5.70 Å². The number of aliphatic hydroxyl groups excluding tert-OH is 2. The fraction of sp³-hybridized carbons (Fsp3) is 0.625. The van der Waals surface area contributed by atoms with Crippen LogP contribution in [0.4, 0.5) is 0 Å². The van der Waals surface area contributed by atoms with E-state index in [-0.39, 0.29) is 94.0 Å². The van der Waals surface area contributed by atoms with Crippen molar-refractivity contribution in [3.05, 3.63) is 69.2 Å². The number of carboxylic acid groups (broad SMARTS) is 1. The van der Waals surface area contributed by atoms with Gasteiger partial charge in [-0.05, 0) is 119 Å². The zero-order valence-electron chi connectivity index (χ0n) is 55.9. The molecule has 0 saturated carbocycles. The number of hydrogen-bond acceptors (Lipinski definition) is 19. The van der Waals surface area contributed by atoms with Crippen LogP contribution in [0.1, 0.15) is 157 Å². The molecule has 2 fully saturated rings. The third kappa shape index (κ3) is 15.7. The summed E-state index contributed by atoms with van der Waals surface area (Å²) < 4.78 is 31.9. The van der Waals surface area contributed by atoms with Gasteiger partial charge in [-0.25, -0.2) is 4.98 Å². The maximum Gasteiger partial charge on any atom is 2.00 e. The number of carboxylic acids is 1. The van der Waals surface area contributed by atoms with Crippen LogP contribution in [0.5, 0.6) is 0 Å². The third-order valence-electron chi connectivity index (χ3n) is 20.5. The maximum atomic E-state index is 14.4. The number of primary amides is 6. The molecule has 6 aliphatic heterocycles. The standard InChI is InChI=1S/C62H90N13O14P.C2H4O2.Co/c1-29-20-39-40(21-30(29)2)75(28-70-39)57-52(84)53(41(27-76)87-57)89-90(85,86)88-31(3)26-69-49(83)18-19-59(8)37(22-46(66)80)56-62(11)61(10,25-48(68)82)36(14-17-45(65)79)51(74-62)33(5)55-60(9,24-47(67)81)34(12-15-43(63)77)38(71-55)23-42-58(6,7)35(13-16-44(64)78)50(72-42)32(4)54(59)73-56;1-2(3)4;/h20-21,23,28,31,34-37,41,52-53,56-57,76,84H,12-19,22,24-27H2,1-11H3,(H15,63,64,65,66,67,68,69,71,72,73,74,77,78,79,80,81,82,83,85,86);1H3,(H,3,4);/q;;+2/p-2/t31-,34+,35+,36+,37-,41+,52+,53+,56?,57-,59+,60-,61-,62-;;/m0../s1. The first-order chi connectivity index (χ1) is 43.6. The van der Waals surface area contributed by atoms with Crippen molar-refractivity contribution in [2.75, 3.05) is 13.2 Å². The number of allylic oxidation sites excluding steroid dienone is 6. The van der Waals surface area contributed by atoms with Gasteiger partial charge in [0, 0.05) is 115 Å². The van der Waals surface area contributed by atoms with E-state index in [4.69, 9.17) is 78.4 Å². The van der Waals surface area contributed by atoms with Crippen LogP contribution in [0, 0.1) is 59.2 Å². The third-order valence-corrected chi connectivity index (χ3v) is 21.6. The van der Waals surface area contributed by atoms with Gasteiger partial charge in [0.25, 0.3) is 13.8 Å². The second kappa shape index (κ2) is 29.4. The number of aromatic nitrogens is 2. The predicted octanol–water partition coefficient (Wildman–Crippen LogP) is 3.40. The van der Waals surface area contributed by atoms with E-state index in [1.54, 1.807) is 6.92 Å². The molecule has 7 heterocycles. The van der Waals surface area contributed by atoms with Crippen molar-refractivity contribution in [3.63, 3.8) is 0 Å². The molecule has 2 unspecified atom stereocenters. The van der Waals surface area contributed by atoms with E-state index in [2.05, 4.69) is 10.3 Å². The normalized spacial score (nSPS) is 32.7. The summed E-state index contributed by atoms with van der Waals surface area (Å²) in [5.74, 6) is -8.24. The zero-order chi connectivity index (χ0) is 70.3. The van der Waals surface area contributed by atoms with Crippen molar-refractivity contribution in [1.29, 1.82) is 0 Å². The topological polar surface area (TPSA) is 502 Å². The van der Waals surface area contributed by atoms with Crippen LogP contribution in [0.15, 0.2) is 67.8 Å². The van der Waals surface area contributed by atoms with E-state index < -0.39 is 149 Å². The molecule has 523 valence electrons. The van der Waals surface area contributed by atoms with Gasteiger partial charge in [-0.15, -0.1) is 0 Å². The number of ether oxygens (including phenoxy) is 1. The zero-order valence-corrected chi connectivity index (χ0v) is 57.8. The molecule has 2 aromatic rings. The SMILES string of the molecule is C/C1=C2/[N-]C([C@H](CC(N)=O)[C@@]2(C)CCC(=O)NC[C@H](C)OP(=O)([O-])O[C@H]2[C@@H](O)[C@@H](n3cnc4cc(C)c(C)cc43)O[C@@H]2CO)[C@]2(C)N=C(/C(C)=C3N=C(/C=C4N=C1[C@@H](CCC(N)=O)C\4(C)C)[C@@H](CCC(N)=O)[C@]\3(C)CC(N)=O)[C@@H](CCC(N)=O)[C@]2(C)CC(N)=O.CC(=O)O.[Co+2]. The van der Waals surface area contributed by atoms with Crippen molar-refractivity contribution in [2.45, 2.75) is 196 Å². The quantitative estimate of drug-likeness (QED) is 0.0603. The Morgan fingerprint density at radius 2 is 1.36 bits per heavy atom. The molecule has 1 aromatic heterocycles. The Labute approximate surface area is 562 Å². The molecule has 6 aliphatic rings. The monoisotopic (exact) mass is 1390 g/mol. The van der Waals surface area contributed by atoms with Crippen LogP contribution >= 0.6 is 7.82 Å². The number of carbonyl (C=O) groups is 8. The number of carbonyl (C=O) groups excluding carboxylic acids is 7. The van der Waals surface area contributed by atoms with Gasteiger partial charge in [0.1, 0.15) is 18.3 Å². The summed E-state index contributed by atoms with van der Waals surface area (Å²) in [6.45, 7) is 20.0. The van der Waals surface area contributed by atoms with Crippen molar-refractivity contribution in [2.24, 2.45) is 94.7 Å². The number of fused-ring (bicyclic) bond motifs is 7. The Kier molecular flexibility index (Phi) is 23.8. The van der Waals surface area contributed by atoms with Crippen molar-refractivity contribution in [1.82, 2.24) is 14.9 Å². The van der Waals surface area contributed by atoms with Gasteiger partial charge in [-0.1, -0.05) is 40.7 Å². The Balaban J connectivity index is 0.00000278. The fourth-order valence-corrected chi connectivity index (χ4v) is 16.4. The molecule has 16 N–H and O–H groups in total. The number of phosphoric ester groups is 1. The van der Waals surface area contributed by atoms with Gasteiger partial charge in [0.05, 0.1) is 41.3 Å². The van der Waals surface area contributed by atoms with Crippen molar-refractivity contribution < 1.29 is 93.7 Å². The minimum Gasteiger partial charge on any atom is -0.756 e. The number of aliphatic carboxylic acids is 1. The average molecular weight is 1390 g/mol. The summed E-state index contributed by atoms with van der Waals surface area (Å²) in [7, 11) is -5.32. The fourth-order valence-electron chi connectivity index (χ4n) is 15.3. The number of benzene rings is 1. The number of rotatable bonds is 26. The Morgan fingerprint density at radius 3 is 1.92 bits per heavy atom. The summed E-state index contributed by atoms with van der Waals surface area (Å²) in [4.78, 5) is 137. The second-order valence-electron chi connectivity index (χ2n) is 27.5. The molecule has 15 atom stereocenters. The van der Waals surface area contributed by atoms with Gasteiger partial charge in [0.2, 0.25) is 41.4 Å².